The standard InChI is InChI=1S/C20H23N5O2S2/c1-4-24(5-2)29(26,27)18-10-11-19-22-23-20(25(19)14-18)28-17(13-21)12-16-8-6-15(3)7-9-16/h6-11,14,17H,4-5,12H2,1-3H3. The van der Waals surface area contributed by atoms with Gasteiger partial charge in [-0.25, -0.2) is 8.42 Å². The van der Waals surface area contributed by atoms with Gasteiger partial charge in [-0.1, -0.05) is 55.4 Å². The van der Waals surface area contributed by atoms with Crippen LogP contribution in [0.3, 0.4) is 0 Å². The molecule has 9 heteroatoms. The second-order valence-corrected chi connectivity index (χ2v) is 9.70. The number of thioether (sulfide) groups is 1. The lowest BCUT2D eigenvalue weighted by Gasteiger charge is -2.18. The highest BCUT2D eigenvalue weighted by Gasteiger charge is 2.23. The number of benzene rings is 1. The lowest BCUT2D eigenvalue weighted by molar-refractivity contribution is 0.445. The van der Waals surface area contributed by atoms with Gasteiger partial charge >= 0.3 is 0 Å². The highest BCUT2D eigenvalue weighted by Crippen LogP contribution is 2.26. The minimum atomic E-state index is -3.59. The van der Waals surface area contributed by atoms with Crippen LogP contribution in [0.4, 0.5) is 0 Å². The van der Waals surface area contributed by atoms with Crippen molar-refractivity contribution in [1.82, 2.24) is 18.9 Å². The van der Waals surface area contributed by atoms with E-state index in [2.05, 4.69) is 16.3 Å². The van der Waals surface area contributed by atoms with Gasteiger partial charge in [0.25, 0.3) is 0 Å². The smallest absolute Gasteiger partial charge is 0.244 e. The number of pyridine rings is 1. The van der Waals surface area contributed by atoms with E-state index in [0.29, 0.717) is 30.3 Å². The van der Waals surface area contributed by atoms with Crippen molar-refractivity contribution in [1.29, 1.82) is 5.26 Å². The topological polar surface area (TPSA) is 91.4 Å². The van der Waals surface area contributed by atoms with Crippen molar-refractivity contribution < 1.29 is 8.42 Å². The van der Waals surface area contributed by atoms with Crippen LogP contribution in [0.25, 0.3) is 5.65 Å². The Hall–Kier alpha value is -2.41. The molecule has 0 N–H and O–H groups in total. The monoisotopic (exact) mass is 429 g/mol. The molecule has 0 saturated carbocycles. The number of fused-ring (bicyclic) bond motifs is 1. The van der Waals surface area contributed by atoms with Crippen molar-refractivity contribution in [3.63, 3.8) is 0 Å². The molecule has 1 unspecified atom stereocenters. The Bertz CT molecular complexity index is 1130. The van der Waals surface area contributed by atoms with Gasteiger partial charge in [0, 0.05) is 19.3 Å². The van der Waals surface area contributed by atoms with Crippen LogP contribution in [0.2, 0.25) is 0 Å². The Balaban J connectivity index is 1.89. The summed E-state index contributed by atoms with van der Waals surface area (Å²) in [6, 6.07) is 13.5. The second kappa shape index (κ2) is 8.95. The van der Waals surface area contributed by atoms with Crippen LogP contribution in [-0.4, -0.2) is 45.7 Å². The van der Waals surface area contributed by atoms with Crippen LogP contribution in [0, 0.1) is 18.3 Å². The molecule has 0 aliphatic rings. The third kappa shape index (κ3) is 4.61. The van der Waals surface area contributed by atoms with Crippen molar-refractivity contribution in [3.8, 4) is 6.07 Å². The first-order valence-corrected chi connectivity index (χ1v) is 11.7. The SMILES string of the molecule is CCN(CC)S(=O)(=O)c1ccc2nnc(SC(C#N)Cc3ccc(C)cc3)n2c1. The van der Waals surface area contributed by atoms with Crippen molar-refractivity contribution in [2.24, 2.45) is 0 Å². The van der Waals surface area contributed by atoms with Crippen LogP contribution >= 0.6 is 11.8 Å². The van der Waals surface area contributed by atoms with E-state index in [4.69, 9.17) is 0 Å². The minimum Gasteiger partial charge on any atom is -0.276 e. The molecule has 29 heavy (non-hydrogen) atoms. The molecule has 0 amide bonds. The fourth-order valence-corrected chi connectivity index (χ4v) is 5.36. The first kappa shape index (κ1) is 21.3. The largest absolute Gasteiger partial charge is 0.276 e. The first-order chi connectivity index (χ1) is 13.9. The van der Waals surface area contributed by atoms with Gasteiger partial charge in [-0.05, 0) is 31.0 Å². The summed E-state index contributed by atoms with van der Waals surface area (Å²) in [5.41, 5.74) is 2.77. The number of aromatic nitrogens is 3. The first-order valence-electron chi connectivity index (χ1n) is 9.35. The molecule has 3 aromatic rings. The number of rotatable bonds is 8. The Morgan fingerprint density at radius 1 is 1.14 bits per heavy atom. The number of hydrogen-bond donors (Lipinski definition) is 0. The highest BCUT2D eigenvalue weighted by molar-refractivity contribution is 8.00. The summed E-state index contributed by atoms with van der Waals surface area (Å²) >= 11 is 1.28. The zero-order chi connectivity index (χ0) is 21.0. The van der Waals surface area contributed by atoms with Gasteiger partial charge in [-0.3, -0.25) is 4.40 Å². The number of nitriles is 1. The summed E-state index contributed by atoms with van der Waals surface area (Å²) in [4.78, 5) is 0.183. The third-order valence-electron chi connectivity index (χ3n) is 4.62. The van der Waals surface area contributed by atoms with Crippen LogP contribution in [-0.2, 0) is 16.4 Å². The quantitative estimate of drug-likeness (QED) is 0.510. The lowest BCUT2D eigenvalue weighted by Crippen LogP contribution is -2.30. The van der Waals surface area contributed by atoms with Gasteiger partial charge in [0.2, 0.25) is 10.0 Å². The van der Waals surface area contributed by atoms with E-state index in [9.17, 15) is 13.7 Å². The zero-order valence-corrected chi connectivity index (χ0v) is 18.2. The molecule has 2 aromatic heterocycles. The average molecular weight is 430 g/mol. The maximum atomic E-state index is 12.8. The van der Waals surface area contributed by atoms with E-state index in [1.54, 1.807) is 16.5 Å². The molecule has 0 radical (unpaired) electrons. The molecule has 0 aliphatic heterocycles. The number of sulfonamides is 1. The Kier molecular flexibility index (Phi) is 6.57. The molecule has 1 aromatic carbocycles. The molecule has 0 saturated heterocycles. The fourth-order valence-electron chi connectivity index (χ4n) is 2.97. The fraction of sp³-hybridized carbons (Fsp3) is 0.350. The van der Waals surface area contributed by atoms with Crippen molar-refractivity contribution in [2.45, 2.75) is 42.5 Å². The third-order valence-corrected chi connectivity index (χ3v) is 7.70. The molecule has 3 rings (SSSR count). The van der Waals surface area contributed by atoms with Crippen LogP contribution < -0.4 is 0 Å². The normalized spacial score (nSPS) is 12.9. The summed E-state index contributed by atoms with van der Waals surface area (Å²) in [5, 5.41) is 18.0. The molecule has 152 valence electrons. The summed E-state index contributed by atoms with van der Waals surface area (Å²) in [5.74, 6) is 0. The van der Waals surface area contributed by atoms with Gasteiger partial charge in [0.05, 0.1) is 11.0 Å². The Morgan fingerprint density at radius 2 is 1.83 bits per heavy atom. The lowest BCUT2D eigenvalue weighted by atomic mass is 10.1. The summed E-state index contributed by atoms with van der Waals surface area (Å²) in [6.45, 7) is 6.43. The van der Waals surface area contributed by atoms with Crippen LogP contribution in [0.5, 0.6) is 0 Å². The molecule has 0 spiro atoms. The molecule has 0 aliphatic carbocycles. The predicted molar refractivity (Wildman–Crippen MR) is 113 cm³/mol. The number of aryl methyl sites for hydroxylation is 1. The molecule has 0 fully saturated rings. The predicted octanol–water partition coefficient (Wildman–Crippen LogP) is 3.30. The summed E-state index contributed by atoms with van der Waals surface area (Å²) in [7, 11) is -3.59. The molecule has 7 nitrogen and oxygen atoms in total. The number of nitrogens with zero attached hydrogens (tertiary/aromatic N) is 5. The summed E-state index contributed by atoms with van der Waals surface area (Å²) in [6.07, 6.45) is 2.10. The molecule has 1 atom stereocenters. The molecule has 0 bridgehead atoms. The van der Waals surface area contributed by atoms with E-state index in [0.717, 1.165) is 5.56 Å². The molecule has 2 heterocycles. The highest BCUT2D eigenvalue weighted by atomic mass is 32.2. The maximum Gasteiger partial charge on any atom is 0.244 e. The minimum absolute atomic E-state index is 0.183. The maximum absolute atomic E-state index is 12.8. The molecular weight excluding hydrogens is 406 g/mol. The zero-order valence-electron chi connectivity index (χ0n) is 16.6. The van der Waals surface area contributed by atoms with Crippen LogP contribution in [0.1, 0.15) is 25.0 Å². The van der Waals surface area contributed by atoms with Crippen molar-refractivity contribution in [2.75, 3.05) is 13.1 Å². The molecular formula is C20H23N5O2S2. The van der Waals surface area contributed by atoms with Gasteiger partial charge < -0.3 is 0 Å². The van der Waals surface area contributed by atoms with Crippen LogP contribution in [0.15, 0.2) is 52.6 Å². The van der Waals surface area contributed by atoms with E-state index >= 15 is 0 Å². The van der Waals surface area contributed by atoms with Gasteiger partial charge in [0.15, 0.2) is 10.8 Å². The van der Waals surface area contributed by atoms with Crippen molar-refractivity contribution in [3.05, 3.63) is 53.7 Å². The average Bonchev–Trinajstić information content (AvgIpc) is 3.12. The van der Waals surface area contributed by atoms with E-state index in [1.807, 2.05) is 45.0 Å². The van der Waals surface area contributed by atoms with Crippen molar-refractivity contribution >= 4 is 27.4 Å². The van der Waals surface area contributed by atoms with E-state index in [-0.39, 0.29) is 10.1 Å². The van der Waals surface area contributed by atoms with Gasteiger partial charge in [-0.15, -0.1) is 10.2 Å². The van der Waals surface area contributed by atoms with Gasteiger partial charge in [0.1, 0.15) is 5.25 Å². The van der Waals surface area contributed by atoms with Gasteiger partial charge in [-0.2, -0.15) is 9.57 Å². The second-order valence-electron chi connectivity index (χ2n) is 6.59. The Morgan fingerprint density at radius 3 is 2.45 bits per heavy atom. The van der Waals surface area contributed by atoms with E-state index < -0.39 is 10.0 Å². The summed E-state index contributed by atoms with van der Waals surface area (Å²) < 4.78 is 28.7. The van der Waals surface area contributed by atoms with E-state index in [1.165, 1.54) is 27.8 Å². The Labute approximate surface area is 175 Å². The number of hydrogen-bond acceptors (Lipinski definition) is 6.